The number of aliphatic carboxylic acids is 1. The van der Waals surface area contributed by atoms with Crippen molar-refractivity contribution in [3.05, 3.63) is 48.0 Å². The van der Waals surface area contributed by atoms with Crippen LogP contribution in [0.2, 0.25) is 0 Å². The van der Waals surface area contributed by atoms with Gasteiger partial charge in [-0.05, 0) is 42.0 Å². The summed E-state index contributed by atoms with van der Waals surface area (Å²) in [6, 6.07) is 1.90. The van der Waals surface area contributed by atoms with Crippen LogP contribution in [0.5, 0.6) is 5.75 Å². The van der Waals surface area contributed by atoms with Crippen LogP contribution in [-0.2, 0) is 32.0 Å². The van der Waals surface area contributed by atoms with Crippen LogP contribution >= 0.6 is 11.8 Å². The van der Waals surface area contributed by atoms with Crippen LogP contribution in [0.1, 0.15) is 31.5 Å². The summed E-state index contributed by atoms with van der Waals surface area (Å²) in [7, 11) is 0. The number of rotatable bonds is 15. The third-order valence-corrected chi connectivity index (χ3v) is 6.51. The van der Waals surface area contributed by atoms with Crippen LogP contribution in [0.15, 0.2) is 36.8 Å². The number of benzene rings is 1. The standard InChI is InChI=1S/C25H36N6O6S/c1-14(2)21(26)24(35)31-19(10-15-4-6-17(32)7-5-15)22(33)30-20(11-16-12-27-13-28-16)23(34)29-18(25(36)37)8-9-38-3/h4-7,12-14,18-21,32H,8-11,26H2,1-3H3,(H,27,28)(H,29,34)(H,30,33)(H,31,35)(H,36,37). The summed E-state index contributed by atoms with van der Waals surface area (Å²) < 4.78 is 0. The number of nitrogens with two attached hydrogens (primary N) is 1. The fourth-order valence-electron chi connectivity index (χ4n) is 3.51. The van der Waals surface area contributed by atoms with Crippen molar-refractivity contribution in [2.24, 2.45) is 11.7 Å². The topological polar surface area (TPSA) is 200 Å². The van der Waals surface area contributed by atoms with E-state index in [0.29, 0.717) is 17.0 Å². The Bertz CT molecular complexity index is 1060. The molecule has 4 atom stereocenters. The van der Waals surface area contributed by atoms with Crippen LogP contribution in [0.4, 0.5) is 0 Å². The molecule has 0 fully saturated rings. The van der Waals surface area contributed by atoms with Crippen molar-refractivity contribution < 1.29 is 29.4 Å². The van der Waals surface area contributed by atoms with Crippen LogP contribution in [0.25, 0.3) is 0 Å². The molecule has 1 aromatic heterocycles. The molecular weight excluding hydrogens is 512 g/mol. The molecule has 0 aliphatic rings. The van der Waals surface area contributed by atoms with E-state index >= 15 is 0 Å². The van der Waals surface area contributed by atoms with Crippen molar-refractivity contribution in [3.63, 3.8) is 0 Å². The molecule has 2 aromatic rings. The lowest BCUT2D eigenvalue weighted by Crippen LogP contribution is -2.58. The molecular formula is C25H36N6O6S. The Morgan fingerprint density at radius 3 is 2.08 bits per heavy atom. The number of carbonyl (C=O) groups excluding carboxylic acids is 3. The summed E-state index contributed by atoms with van der Waals surface area (Å²) in [5, 5.41) is 26.9. The highest BCUT2D eigenvalue weighted by Gasteiger charge is 2.31. The normalized spacial score (nSPS) is 14.2. The number of carboxylic acids is 1. The highest BCUT2D eigenvalue weighted by atomic mass is 32.2. The first kappa shape index (κ1) is 30.6. The first-order valence-electron chi connectivity index (χ1n) is 12.1. The van der Waals surface area contributed by atoms with Crippen LogP contribution in [-0.4, -0.2) is 80.0 Å². The molecule has 8 N–H and O–H groups in total. The highest BCUT2D eigenvalue weighted by molar-refractivity contribution is 7.98. The maximum absolute atomic E-state index is 13.4. The average molecular weight is 549 g/mol. The Hall–Kier alpha value is -3.58. The second-order valence-corrected chi connectivity index (χ2v) is 10.2. The van der Waals surface area contributed by atoms with Gasteiger partial charge < -0.3 is 36.9 Å². The first-order valence-corrected chi connectivity index (χ1v) is 13.5. The summed E-state index contributed by atoms with van der Waals surface area (Å²) in [6.07, 6.45) is 5.03. The minimum Gasteiger partial charge on any atom is -0.508 e. The van der Waals surface area contributed by atoms with E-state index in [-0.39, 0.29) is 30.9 Å². The van der Waals surface area contributed by atoms with E-state index in [4.69, 9.17) is 5.73 Å². The molecule has 208 valence electrons. The molecule has 2 rings (SSSR count). The number of imidazole rings is 1. The van der Waals surface area contributed by atoms with Gasteiger partial charge in [0, 0.05) is 24.7 Å². The molecule has 0 bridgehead atoms. The number of thioether (sulfide) groups is 1. The number of aromatic hydroxyl groups is 1. The number of phenols is 1. The van der Waals surface area contributed by atoms with Gasteiger partial charge in [0.1, 0.15) is 23.9 Å². The largest absolute Gasteiger partial charge is 0.508 e. The number of nitrogens with zero attached hydrogens (tertiary/aromatic N) is 1. The zero-order chi connectivity index (χ0) is 28.2. The molecule has 3 amide bonds. The summed E-state index contributed by atoms with van der Waals surface area (Å²) in [5.74, 6) is -2.67. The predicted molar refractivity (Wildman–Crippen MR) is 143 cm³/mol. The van der Waals surface area contributed by atoms with Crippen molar-refractivity contribution in [3.8, 4) is 5.75 Å². The SMILES string of the molecule is CSCCC(NC(=O)C(Cc1cnc[nH]1)NC(=O)C(Cc1ccc(O)cc1)NC(=O)C(N)C(C)C)C(=O)O. The molecule has 0 saturated carbocycles. The van der Waals surface area contributed by atoms with Crippen LogP contribution in [0, 0.1) is 5.92 Å². The first-order chi connectivity index (χ1) is 18.0. The van der Waals surface area contributed by atoms with E-state index in [2.05, 4.69) is 25.9 Å². The maximum Gasteiger partial charge on any atom is 0.326 e. The Kier molecular flexibility index (Phi) is 12.1. The van der Waals surface area contributed by atoms with Crippen LogP contribution < -0.4 is 21.7 Å². The average Bonchev–Trinajstić information content (AvgIpc) is 3.39. The minimum atomic E-state index is -1.18. The van der Waals surface area contributed by atoms with Crippen molar-refractivity contribution in [1.82, 2.24) is 25.9 Å². The van der Waals surface area contributed by atoms with Crippen molar-refractivity contribution >= 4 is 35.5 Å². The molecule has 0 saturated heterocycles. The van der Waals surface area contributed by atoms with E-state index in [9.17, 15) is 29.4 Å². The second kappa shape index (κ2) is 15.0. The van der Waals surface area contributed by atoms with E-state index < -0.39 is 47.9 Å². The van der Waals surface area contributed by atoms with Gasteiger partial charge in [0.05, 0.1) is 12.4 Å². The third kappa shape index (κ3) is 9.71. The summed E-state index contributed by atoms with van der Waals surface area (Å²) >= 11 is 1.45. The molecule has 0 aliphatic carbocycles. The zero-order valence-corrected chi connectivity index (χ0v) is 22.5. The minimum absolute atomic E-state index is 0.0117. The Balaban J connectivity index is 2.28. The third-order valence-electron chi connectivity index (χ3n) is 5.87. The van der Waals surface area contributed by atoms with Gasteiger partial charge >= 0.3 is 5.97 Å². The quantitative estimate of drug-likeness (QED) is 0.162. The predicted octanol–water partition coefficient (Wildman–Crippen LogP) is 0.176. The Morgan fingerprint density at radius 2 is 1.55 bits per heavy atom. The van der Waals surface area contributed by atoms with Gasteiger partial charge in [-0.2, -0.15) is 11.8 Å². The van der Waals surface area contributed by atoms with Gasteiger partial charge in [0.25, 0.3) is 0 Å². The lowest BCUT2D eigenvalue weighted by molar-refractivity contribution is -0.142. The molecule has 1 heterocycles. The van der Waals surface area contributed by atoms with Gasteiger partial charge in [-0.15, -0.1) is 0 Å². The number of hydrogen-bond donors (Lipinski definition) is 7. The van der Waals surface area contributed by atoms with E-state index in [1.165, 1.54) is 36.4 Å². The van der Waals surface area contributed by atoms with E-state index in [1.54, 1.807) is 26.0 Å². The number of carboxylic acid groups (broad SMARTS) is 1. The smallest absolute Gasteiger partial charge is 0.326 e. The Labute approximate surface area is 225 Å². The second-order valence-electron chi connectivity index (χ2n) is 9.22. The van der Waals surface area contributed by atoms with Crippen LogP contribution in [0.3, 0.4) is 0 Å². The number of hydrogen-bond acceptors (Lipinski definition) is 8. The monoisotopic (exact) mass is 548 g/mol. The highest BCUT2D eigenvalue weighted by Crippen LogP contribution is 2.12. The Morgan fingerprint density at radius 1 is 0.974 bits per heavy atom. The van der Waals surface area contributed by atoms with Gasteiger partial charge in [-0.25, -0.2) is 9.78 Å². The fourth-order valence-corrected chi connectivity index (χ4v) is 3.98. The number of aromatic amines is 1. The molecule has 4 unspecified atom stereocenters. The van der Waals surface area contributed by atoms with Crippen molar-refractivity contribution in [2.75, 3.05) is 12.0 Å². The van der Waals surface area contributed by atoms with E-state index in [1.807, 2.05) is 6.26 Å². The maximum atomic E-state index is 13.4. The van der Waals surface area contributed by atoms with Gasteiger partial charge in [-0.1, -0.05) is 26.0 Å². The molecule has 0 aliphatic heterocycles. The summed E-state index contributed by atoms with van der Waals surface area (Å²) in [5.41, 5.74) is 7.17. The lowest BCUT2D eigenvalue weighted by Gasteiger charge is -2.26. The fraction of sp³-hybridized carbons (Fsp3) is 0.480. The number of H-pyrrole nitrogens is 1. The number of amides is 3. The molecule has 13 heteroatoms. The molecule has 1 aromatic carbocycles. The number of aromatic nitrogens is 2. The van der Waals surface area contributed by atoms with Crippen molar-refractivity contribution in [2.45, 2.75) is 57.3 Å². The molecule has 0 radical (unpaired) electrons. The number of nitrogens with one attached hydrogen (secondary N) is 4. The molecule has 38 heavy (non-hydrogen) atoms. The number of carbonyl (C=O) groups is 4. The van der Waals surface area contributed by atoms with Gasteiger partial charge in [0.15, 0.2) is 0 Å². The number of phenolic OH excluding ortho intramolecular Hbond substituents is 1. The van der Waals surface area contributed by atoms with Gasteiger partial charge in [-0.3, -0.25) is 14.4 Å². The molecule has 12 nitrogen and oxygen atoms in total. The summed E-state index contributed by atoms with van der Waals surface area (Å²) in [6.45, 7) is 3.56. The zero-order valence-electron chi connectivity index (χ0n) is 21.6. The molecule has 0 spiro atoms. The summed E-state index contributed by atoms with van der Waals surface area (Å²) in [4.78, 5) is 57.8. The van der Waals surface area contributed by atoms with Gasteiger partial charge in [0.2, 0.25) is 17.7 Å². The van der Waals surface area contributed by atoms with Crippen molar-refractivity contribution in [1.29, 1.82) is 0 Å². The van der Waals surface area contributed by atoms with E-state index in [0.717, 1.165) is 0 Å². The lowest BCUT2D eigenvalue weighted by atomic mass is 10.0.